The molecule has 8 heteroatoms. The fraction of sp³-hybridized carbons (Fsp3) is 0.167. The lowest BCUT2D eigenvalue weighted by molar-refractivity contribution is -0.385. The molecule has 0 bridgehead atoms. The zero-order valence-corrected chi connectivity index (χ0v) is 10.3. The highest BCUT2D eigenvalue weighted by Crippen LogP contribution is 2.27. The van der Waals surface area contributed by atoms with Crippen molar-refractivity contribution >= 4 is 11.7 Å². The molecule has 0 spiro atoms. The molecular weight excluding hydrogens is 271 g/mol. The van der Waals surface area contributed by atoms with Crippen LogP contribution in [0.4, 0.5) is 10.1 Å². The van der Waals surface area contributed by atoms with Crippen LogP contribution in [0.5, 0.6) is 0 Å². The summed E-state index contributed by atoms with van der Waals surface area (Å²) in [4.78, 5) is 24.6. The van der Waals surface area contributed by atoms with Gasteiger partial charge in [0.15, 0.2) is 0 Å². The quantitative estimate of drug-likeness (QED) is 0.681. The zero-order valence-electron chi connectivity index (χ0n) is 10.3. The van der Waals surface area contributed by atoms with Gasteiger partial charge in [0.25, 0.3) is 5.69 Å². The summed E-state index contributed by atoms with van der Waals surface area (Å²) in [7, 11) is 0. The Labute approximate surface area is 111 Å². The van der Waals surface area contributed by atoms with Crippen molar-refractivity contribution < 1.29 is 23.6 Å². The standard InChI is InChI=1S/C12H9FN2O5/c1-2-9-10(12(16)17)20-11(14-9)7-4-3-6(15(18)19)5-8(7)13/h3-5H,2H2,1H3,(H,16,17). The normalized spacial score (nSPS) is 10.5. The molecule has 0 fully saturated rings. The summed E-state index contributed by atoms with van der Waals surface area (Å²) in [6.45, 7) is 1.68. The number of nitro benzene ring substituents is 1. The van der Waals surface area contributed by atoms with Crippen LogP contribution in [-0.2, 0) is 6.42 Å². The van der Waals surface area contributed by atoms with Crippen LogP contribution in [0.1, 0.15) is 23.2 Å². The van der Waals surface area contributed by atoms with E-state index in [9.17, 15) is 19.3 Å². The van der Waals surface area contributed by atoms with Gasteiger partial charge in [0, 0.05) is 6.07 Å². The van der Waals surface area contributed by atoms with Crippen LogP contribution < -0.4 is 0 Å². The number of aromatic nitrogens is 1. The van der Waals surface area contributed by atoms with Gasteiger partial charge in [0.05, 0.1) is 22.2 Å². The second-order valence-corrected chi connectivity index (χ2v) is 3.87. The first-order chi connectivity index (χ1) is 9.43. The van der Waals surface area contributed by atoms with Gasteiger partial charge in [-0.2, -0.15) is 0 Å². The molecule has 0 saturated heterocycles. The molecule has 0 saturated carbocycles. The van der Waals surface area contributed by atoms with Crippen LogP contribution >= 0.6 is 0 Å². The number of oxazole rings is 1. The van der Waals surface area contributed by atoms with E-state index in [1.165, 1.54) is 0 Å². The molecule has 0 atom stereocenters. The molecule has 2 rings (SSSR count). The fourth-order valence-electron chi connectivity index (χ4n) is 1.66. The topological polar surface area (TPSA) is 106 Å². The number of hydrogen-bond acceptors (Lipinski definition) is 5. The molecule has 0 aliphatic carbocycles. The highest BCUT2D eigenvalue weighted by molar-refractivity contribution is 5.86. The Morgan fingerprint density at radius 1 is 1.55 bits per heavy atom. The van der Waals surface area contributed by atoms with Crippen LogP contribution in [0, 0.1) is 15.9 Å². The van der Waals surface area contributed by atoms with Gasteiger partial charge in [-0.1, -0.05) is 6.92 Å². The molecule has 0 aliphatic heterocycles. The first kappa shape index (κ1) is 13.7. The first-order valence-corrected chi connectivity index (χ1v) is 5.61. The van der Waals surface area contributed by atoms with Gasteiger partial charge in [-0.15, -0.1) is 0 Å². The van der Waals surface area contributed by atoms with Gasteiger partial charge in [-0.05, 0) is 12.5 Å². The molecule has 1 aromatic carbocycles. The molecular formula is C12H9FN2O5. The number of benzene rings is 1. The van der Waals surface area contributed by atoms with Gasteiger partial charge >= 0.3 is 5.97 Å². The molecule has 1 heterocycles. The number of carboxylic acid groups (broad SMARTS) is 1. The highest BCUT2D eigenvalue weighted by atomic mass is 19.1. The Morgan fingerprint density at radius 2 is 2.25 bits per heavy atom. The van der Waals surface area contributed by atoms with E-state index in [1.54, 1.807) is 6.92 Å². The first-order valence-electron chi connectivity index (χ1n) is 5.61. The average molecular weight is 280 g/mol. The number of carbonyl (C=O) groups is 1. The van der Waals surface area contributed by atoms with E-state index < -0.39 is 22.4 Å². The summed E-state index contributed by atoms with van der Waals surface area (Å²) in [5.74, 6) is -2.78. The molecule has 1 N–H and O–H groups in total. The number of hydrogen-bond donors (Lipinski definition) is 1. The third kappa shape index (κ3) is 2.35. The predicted octanol–water partition coefficient (Wildman–Crippen LogP) is 2.65. The molecule has 7 nitrogen and oxygen atoms in total. The Morgan fingerprint density at radius 3 is 2.70 bits per heavy atom. The second-order valence-electron chi connectivity index (χ2n) is 3.87. The predicted molar refractivity (Wildman–Crippen MR) is 64.9 cm³/mol. The third-order valence-corrected chi connectivity index (χ3v) is 2.62. The number of halogens is 1. The molecule has 0 unspecified atom stereocenters. The molecule has 104 valence electrons. The summed E-state index contributed by atoms with van der Waals surface area (Å²) in [5, 5.41) is 19.4. The Kier molecular flexibility index (Phi) is 3.47. The van der Waals surface area contributed by atoms with Gasteiger partial charge in [0.1, 0.15) is 5.82 Å². The van der Waals surface area contributed by atoms with E-state index in [4.69, 9.17) is 9.52 Å². The van der Waals surface area contributed by atoms with Crippen LogP contribution in [-0.4, -0.2) is 21.0 Å². The maximum atomic E-state index is 13.8. The average Bonchev–Trinajstić information content (AvgIpc) is 2.82. The molecule has 0 amide bonds. The van der Waals surface area contributed by atoms with Crippen molar-refractivity contribution in [1.82, 2.24) is 4.98 Å². The van der Waals surface area contributed by atoms with Crippen molar-refractivity contribution in [2.75, 3.05) is 0 Å². The number of non-ortho nitro benzene ring substituents is 1. The number of aryl methyl sites for hydroxylation is 1. The summed E-state index contributed by atoms with van der Waals surface area (Å²) >= 11 is 0. The van der Waals surface area contributed by atoms with Crippen molar-refractivity contribution in [2.45, 2.75) is 13.3 Å². The van der Waals surface area contributed by atoms with Crippen molar-refractivity contribution in [2.24, 2.45) is 0 Å². The van der Waals surface area contributed by atoms with Crippen LogP contribution in [0.2, 0.25) is 0 Å². The van der Waals surface area contributed by atoms with Gasteiger partial charge in [-0.25, -0.2) is 14.2 Å². The number of rotatable bonds is 4. The van der Waals surface area contributed by atoms with E-state index in [1.807, 2.05) is 0 Å². The van der Waals surface area contributed by atoms with Crippen LogP contribution in [0.15, 0.2) is 22.6 Å². The minimum Gasteiger partial charge on any atom is -0.475 e. The van der Waals surface area contributed by atoms with E-state index in [0.717, 1.165) is 18.2 Å². The van der Waals surface area contributed by atoms with Crippen LogP contribution in [0.25, 0.3) is 11.5 Å². The van der Waals surface area contributed by atoms with E-state index >= 15 is 0 Å². The van der Waals surface area contributed by atoms with Gasteiger partial charge in [-0.3, -0.25) is 10.1 Å². The Balaban J connectivity index is 2.52. The number of nitro groups is 1. The van der Waals surface area contributed by atoms with E-state index in [2.05, 4.69) is 4.98 Å². The SMILES string of the molecule is CCc1nc(-c2ccc([N+](=O)[O-])cc2F)oc1C(=O)O. The van der Waals surface area contributed by atoms with Crippen molar-refractivity contribution in [3.8, 4) is 11.5 Å². The Bertz CT molecular complexity index is 695. The van der Waals surface area contributed by atoms with Crippen LogP contribution in [0.3, 0.4) is 0 Å². The fourth-order valence-corrected chi connectivity index (χ4v) is 1.66. The molecule has 20 heavy (non-hydrogen) atoms. The summed E-state index contributed by atoms with van der Waals surface area (Å²) in [6, 6.07) is 2.95. The number of aromatic carboxylic acids is 1. The smallest absolute Gasteiger partial charge is 0.373 e. The van der Waals surface area contributed by atoms with Crippen molar-refractivity contribution in [3.05, 3.63) is 45.6 Å². The summed E-state index contributed by atoms with van der Waals surface area (Å²) < 4.78 is 18.8. The monoisotopic (exact) mass is 280 g/mol. The van der Waals surface area contributed by atoms with Crippen molar-refractivity contribution in [3.63, 3.8) is 0 Å². The lowest BCUT2D eigenvalue weighted by Gasteiger charge is -1.97. The third-order valence-electron chi connectivity index (χ3n) is 2.62. The molecule has 0 radical (unpaired) electrons. The zero-order chi connectivity index (χ0) is 14.9. The molecule has 0 aliphatic rings. The van der Waals surface area contributed by atoms with Gasteiger partial charge < -0.3 is 9.52 Å². The number of carboxylic acids is 1. The summed E-state index contributed by atoms with van der Waals surface area (Å²) in [5.41, 5.74) is -0.352. The highest BCUT2D eigenvalue weighted by Gasteiger charge is 2.22. The maximum Gasteiger partial charge on any atom is 0.373 e. The van der Waals surface area contributed by atoms with Gasteiger partial charge in [0.2, 0.25) is 11.7 Å². The van der Waals surface area contributed by atoms with E-state index in [-0.39, 0.29) is 22.9 Å². The second kappa shape index (κ2) is 5.08. The lowest BCUT2D eigenvalue weighted by atomic mass is 10.2. The van der Waals surface area contributed by atoms with E-state index in [0.29, 0.717) is 6.42 Å². The minimum atomic E-state index is -1.30. The lowest BCUT2D eigenvalue weighted by Crippen LogP contribution is -1.98. The number of nitrogens with zero attached hydrogens (tertiary/aromatic N) is 2. The van der Waals surface area contributed by atoms with Crippen molar-refractivity contribution in [1.29, 1.82) is 0 Å². The summed E-state index contributed by atoms with van der Waals surface area (Å²) in [6.07, 6.45) is 0.305. The molecule has 2 aromatic rings. The maximum absolute atomic E-state index is 13.8. The minimum absolute atomic E-state index is 0.127. The molecule has 1 aromatic heterocycles. The Hall–Kier alpha value is -2.77. The largest absolute Gasteiger partial charge is 0.475 e.